The molecule has 0 amide bonds. The van der Waals surface area contributed by atoms with E-state index < -0.39 is 0 Å². The van der Waals surface area contributed by atoms with Gasteiger partial charge in [0.05, 0.1) is 16.7 Å². The maximum Gasteiger partial charge on any atom is 0.0553 e. The number of hydrogen-bond acceptors (Lipinski definition) is 0. The van der Waals surface area contributed by atoms with Gasteiger partial charge in [-0.05, 0) is 40.5 Å². The molecule has 0 unspecified atom stereocenters. The molecule has 31 heavy (non-hydrogen) atoms. The Morgan fingerprint density at radius 3 is 1.61 bits per heavy atom. The van der Waals surface area contributed by atoms with Gasteiger partial charge in [-0.1, -0.05) is 109 Å². The molecule has 0 N–H and O–H groups in total. The number of fused-ring (bicyclic) bond motifs is 3. The van der Waals surface area contributed by atoms with Gasteiger partial charge in [-0.2, -0.15) is 0 Å². The minimum atomic E-state index is 1.20. The maximum absolute atomic E-state index is 2.42. The molecule has 0 spiro atoms. The molecule has 0 saturated heterocycles. The van der Waals surface area contributed by atoms with Gasteiger partial charge < -0.3 is 4.40 Å². The molecule has 1 heteroatoms. The summed E-state index contributed by atoms with van der Waals surface area (Å²) >= 11 is 0. The first-order valence-electron chi connectivity index (χ1n) is 10.6. The van der Waals surface area contributed by atoms with E-state index in [4.69, 9.17) is 0 Å². The number of nitrogens with zero attached hydrogens (tertiary/aromatic N) is 1. The van der Waals surface area contributed by atoms with Crippen molar-refractivity contribution >= 4 is 16.4 Å². The summed E-state index contributed by atoms with van der Waals surface area (Å²) < 4.78 is 2.42. The van der Waals surface area contributed by atoms with E-state index in [0.717, 1.165) is 0 Å². The van der Waals surface area contributed by atoms with E-state index in [1.807, 2.05) is 0 Å². The lowest BCUT2D eigenvalue weighted by Gasteiger charge is -2.12. The predicted molar refractivity (Wildman–Crippen MR) is 131 cm³/mol. The molecule has 4 aromatic carbocycles. The minimum absolute atomic E-state index is 1.20. The van der Waals surface area contributed by atoms with Crippen LogP contribution in [-0.4, -0.2) is 4.40 Å². The van der Waals surface area contributed by atoms with E-state index in [9.17, 15) is 0 Å². The molecule has 0 bridgehead atoms. The molecule has 6 rings (SSSR count). The number of pyridine rings is 1. The van der Waals surface area contributed by atoms with Crippen LogP contribution in [0, 0.1) is 0 Å². The summed E-state index contributed by atoms with van der Waals surface area (Å²) in [5.74, 6) is 0. The van der Waals surface area contributed by atoms with Crippen LogP contribution in [0.1, 0.15) is 0 Å². The Morgan fingerprint density at radius 2 is 0.935 bits per heavy atom. The number of aromatic nitrogens is 1. The Bertz CT molecular complexity index is 1490. The first-order valence-corrected chi connectivity index (χ1v) is 10.6. The van der Waals surface area contributed by atoms with E-state index in [2.05, 4.69) is 132 Å². The highest BCUT2D eigenvalue weighted by Crippen LogP contribution is 2.40. The van der Waals surface area contributed by atoms with E-state index in [0.29, 0.717) is 0 Å². The van der Waals surface area contributed by atoms with E-state index in [-0.39, 0.29) is 0 Å². The molecule has 0 radical (unpaired) electrons. The normalized spacial score (nSPS) is 11.2. The average Bonchev–Trinajstić information content (AvgIpc) is 3.19. The van der Waals surface area contributed by atoms with Crippen LogP contribution >= 0.6 is 0 Å². The van der Waals surface area contributed by atoms with Crippen LogP contribution in [0.5, 0.6) is 0 Å². The fraction of sp³-hybridized carbons (Fsp3) is 0. The SMILES string of the molecule is c1ccc(-c2cc(-c3ccccc3)n3c(c2)c(-c2ccccc2)c2ccccc23)cc1. The Kier molecular flexibility index (Phi) is 4.18. The lowest BCUT2D eigenvalue weighted by Crippen LogP contribution is -1.94. The molecule has 2 aromatic heterocycles. The van der Waals surface area contributed by atoms with Crippen molar-refractivity contribution < 1.29 is 0 Å². The summed E-state index contributed by atoms with van der Waals surface area (Å²) in [6, 6.07) is 45.5. The van der Waals surface area contributed by atoms with Crippen LogP contribution in [0.2, 0.25) is 0 Å². The van der Waals surface area contributed by atoms with Gasteiger partial charge in [-0.15, -0.1) is 0 Å². The Balaban J connectivity index is 1.81. The van der Waals surface area contributed by atoms with Gasteiger partial charge in [0.1, 0.15) is 0 Å². The first-order chi connectivity index (χ1) is 15.4. The summed E-state index contributed by atoms with van der Waals surface area (Å²) in [4.78, 5) is 0. The molecule has 0 fully saturated rings. The van der Waals surface area contributed by atoms with Crippen LogP contribution in [0.15, 0.2) is 127 Å². The molecular weight excluding hydrogens is 374 g/mol. The quantitative estimate of drug-likeness (QED) is 0.285. The summed E-state index contributed by atoms with van der Waals surface area (Å²) in [5.41, 5.74) is 9.86. The van der Waals surface area contributed by atoms with Gasteiger partial charge >= 0.3 is 0 Å². The smallest absolute Gasteiger partial charge is 0.0553 e. The molecule has 146 valence electrons. The van der Waals surface area contributed by atoms with E-state index in [1.165, 1.54) is 49.9 Å². The Hall–Kier alpha value is -4.10. The van der Waals surface area contributed by atoms with Crippen LogP contribution in [0.4, 0.5) is 0 Å². The Morgan fingerprint density at radius 1 is 0.387 bits per heavy atom. The summed E-state index contributed by atoms with van der Waals surface area (Å²) in [6.07, 6.45) is 0. The van der Waals surface area contributed by atoms with Crippen molar-refractivity contribution in [1.82, 2.24) is 4.40 Å². The van der Waals surface area contributed by atoms with Gasteiger partial charge in [0.15, 0.2) is 0 Å². The highest BCUT2D eigenvalue weighted by Gasteiger charge is 2.17. The largest absolute Gasteiger partial charge is 0.309 e. The second kappa shape index (κ2) is 7.30. The molecule has 2 heterocycles. The standard InChI is InChI=1S/C30H21N/c1-4-12-22(13-5-1)25-20-28(23-14-6-2-7-15-23)31-27-19-11-10-18-26(27)30(29(31)21-25)24-16-8-3-9-17-24/h1-21H. The maximum atomic E-state index is 2.42. The molecule has 0 aliphatic rings. The van der Waals surface area contributed by atoms with Crippen molar-refractivity contribution in [3.63, 3.8) is 0 Å². The lowest BCUT2D eigenvalue weighted by molar-refractivity contribution is 1.26. The highest BCUT2D eigenvalue weighted by molar-refractivity contribution is 6.07. The summed E-state index contributed by atoms with van der Waals surface area (Å²) in [7, 11) is 0. The third-order valence-corrected chi connectivity index (χ3v) is 5.98. The number of hydrogen-bond donors (Lipinski definition) is 0. The zero-order valence-electron chi connectivity index (χ0n) is 17.1. The zero-order chi connectivity index (χ0) is 20.6. The van der Waals surface area contributed by atoms with Crippen molar-refractivity contribution in [2.45, 2.75) is 0 Å². The third kappa shape index (κ3) is 2.94. The number of para-hydroxylation sites is 1. The van der Waals surface area contributed by atoms with Gasteiger partial charge in [-0.25, -0.2) is 0 Å². The minimum Gasteiger partial charge on any atom is -0.309 e. The van der Waals surface area contributed by atoms with Crippen molar-refractivity contribution in [3.05, 3.63) is 127 Å². The lowest BCUT2D eigenvalue weighted by atomic mass is 9.99. The van der Waals surface area contributed by atoms with Crippen molar-refractivity contribution in [2.24, 2.45) is 0 Å². The summed E-state index contributed by atoms with van der Waals surface area (Å²) in [6.45, 7) is 0. The molecule has 1 nitrogen and oxygen atoms in total. The van der Waals surface area contributed by atoms with E-state index >= 15 is 0 Å². The number of rotatable bonds is 3. The first kappa shape index (κ1) is 17.7. The number of benzene rings is 4. The molecule has 0 atom stereocenters. The third-order valence-electron chi connectivity index (χ3n) is 5.98. The van der Waals surface area contributed by atoms with Gasteiger partial charge in [-0.3, -0.25) is 0 Å². The fourth-order valence-electron chi connectivity index (χ4n) is 4.58. The predicted octanol–water partition coefficient (Wildman–Crippen LogP) is 8.09. The second-order valence-corrected chi connectivity index (χ2v) is 7.84. The Labute approximate surface area is 181 Å². The van der Waals surface area contributed by atoms with Crippen molar-refractivity contribution in [3.8, 4) is 33.5 Å². The molecular formula is C30H21N. The summed E-state index contributed by atoms with van der Waals surface area (Å²) in [5, 5.41) is 1.27. The molecule has 0 saturated carbocycles. The second-order valence-electron chi connectivity index (χ2n) is 7.84. The fourth-order valence-corrected chi connectivity index (χ4v) is 4.58. The van der Waals surface area contributed by atoms with Gasteiger partial charge in [0, 0.05) is 10.9 Å². The zero-order valence-corrected chi connectivity index (χ0v) is 17.1. The van der Waals surface area contributed by atoms with Crippen molar-refractivity contribution in [1.29, 1.82) is 0 Å². The van der Waals surface area contributed by atoms with Gasteiger partial charge in [0.25, 0.3) is 0 Å². The topological polar surface area (TPSA) is 4.41 Å². The van der Waals surface area contributed by atoms with Crippen LogP contribution in [0.25, 0.3) is 49.9 Å². The average molecular weight is 396 g/mol. The van der Waals surface area contributed by atoms with Crippen molar-refractivity contribution in [2.75, 3.05) is 0 Å². The van der Waals surface area contributed by atoms with Gasteiger partial charge in [0.2, 0.25) is 0 Å². The molecule has 6 aromatic rings. The molecule has 0 aliphatic carbocycles. The highest BCUT2D eigenvalue weighted by atomic mass is 14.9. The van der Waals surface area contributed by atoms with E-state index in [1.54, 1.807) is 0 Å². The molecule has 0 aliphatic heterocycles. The van der Waals surface area contributed by atoms with Crippen LogP contribution in [-0.2, 0) is 0 Å². The monoisotopic (exact) mass is 395 g/mol. The van der Waals surface area contributed by atoms with Crippen LogP contribution in [0.3, 0.4) is 0 Å². The van der Waals surface area contributed by atoms with Crippen LogP contribution < -0.4 is 0 Å².